The molecular formula is C18H21FN2O. The molecule has 22 heavy (non-hydrogen) atoms. The summed E-state index contributed by atoms with van der Waals surface area (Å²) in [7, 11) is 0. The van der Waals surface area contributed by atoms with E-state index in [0.29, 0.717) is 13.1 Å². The van der Waals surface area contributed by atoms with Crippen molar-refractivity contribution in [3.8, 4) is 0 Å². The van der Waals surface area contributed by atoms with Crippen LogP contribution in [0.25, 0.3) is 16.5 Å². The molecule has 0 saturated heterocycles. The summed E-state index contributed by atoms with van der Waals surface area (Å²) in [6.45, 7) is 7.16. The Morgan fingerprint density at radius 1 is 1.32 bits per heavy atom. The fraction of sp³-hybridized carbons (Fsp3) is 0.389. The minimum Gasteiger partial charge on any atom is -0.361 e. The summed E-state index contributed by atoms with van der Waals surface area (Å²) < 4.78 is 13.5. The second-order valence-corrected chi connectivity index (χ2v) is 6.87. The van der Waals surface area contributed by atoms with Crippen molar-refractivity contribution in [1.82, 2.24) is 9.88 Å². The summed E-state index contributed by atoms with van der Waals surface area (Å²) in [6, 6.07) is 4.78. The van der Waals surface area contributed by atoms with E-state index in [-0.39, 0.29) is 17.1 Å². The zero-order chi connectivity index (χ0) is 15.9. The summed E-state index contributed by atoms with van der Waals surface area (Å²) in [5.41, 5.74) is 2.80. The molecule has 1 aliphatic rings. The second-order valence-electron chi connectivity index (χ2n) is 6.87. The number of benzene rings is 1. The third-order valence-electron chi connectivity index (χ3n) is 4.13. The molecule has 1 aliphatic heterocycles. The van der Waals surface area contributed by atoms with Gasteiger partial charge in [-0.05, 0) is 30.2 Å². The predicted octanol–water partition coefficient (Wildman–Crippen LogP) is 3.97. The van der Waals surface area contributed by atoms with Crippen LogP contribution in [-0.4, -0.2) is 28.9 Å². The van der Waals surface area contributed by atoms with Gasteiger partial charge in [-0.15, -0.1) is 0 Å². The highest BCUT2D eigenvalue weighted by molar-refractivity contribution is 5.93. The first-order valence-electron chi connectivity index (χ1n) is 7.62. The van der Waals surface area contributed by atoms with E-state index in [1.807, 2.05) is 31.9 Å². The average Bonchev–Trinajstić information content (AvgIpc) is 2.88. The largest absolute Gasteiger partial charge is 0.361 e. The Hall–Kier alpha value is -2.10. The molecule has 0 fully saturated rings. The lowest BCUT2D eigenvalue weighted by molar-refractivity contribution is -0.138. The van der Waals surface area contributed by atoms with Crippen LogP contribution in [0, 0.1) is 11.2 Å². The normalized spacial score (nSPS) is 16.0. The van der Waals surface area contributed by atoms with Crippen molar-refractivity contribution in [2.24, 2.45) is 5.41 Å². The van der Waals surface area contributed by atoms with E-state index in [1.54, 1.807) is 12.1 Å². The molecule has 3 nitrogen and oxygen atoms in total. The smallest absolute Gasteiger partial charge is 0.228 e. The highest BCUT2D eigenvalue weighted by Crippen LogP contribution is 2.30. The van der Waals surface area contributed by atoms with Crippen LogP contribution in [0.3, 0.4) is 0 Å². The van der Waals surface area contributed by atoms with Gasteiger partial charge in [-0.1, -0.05) is 26.8 Å². The van der Waals surface area contributed by atoms with Crippen molar-refractivity contribution in [3.63, 3.8) is 0 Å². The lowest BCUT2D eigenvalue weighted by Gasteiger charge is -2.32. The van der Waals surface area contributed by atoms with Crippen LogP contribution in [0.1, 0.15) is 32.8 Å². The lowest BCUT2D eigenvalue weighted by Crippen LogP contribution is -2.41. The first-order chi connectivity index (χ1) is 10.4. The van der Waals surface area contributed by atoms with Crippen molar-refractivity contribution >= 4 is 22.4 Å². The molecule has 0 spiro atoms. The quantitative estimate of drug-likeness (QED) is 0.850. The van der Waals surface area contributed by atoms with Crippen LogP contribution < -0.4 is 0 Å². The Kier molecular flexibility index (Phi) is 3.55. The van der Waals surface area contributed by atoms with Crippen LogP contribution in [-0.2, 0) is 4.79 Å². The number of amides is 1. The highest BCUT2D eigenvalue weighted by atomic mass is 19.1. The van der Waals surface area contributed by atoms with Gasteiger partial charge in [0.1, 0.15) is 5.82 Å². The van der Waals surface area contributed by atoms with Gasteiger partial charge in [0.15, 0.2) is 0 Å². The number of hydrogen-bond acceptors (Lipinski definition) is 1. The van der Waals surface area contributed by atoms with Crippen LogP contribution in [0.2, 0.25) is 0 Å². The summed E-state index contributed by atoms with van der Waals surface area (Å²) in [4.78, 5) is 17.4. The van der Waals surface area contributed by atoms with Crippen molar-refractivity contribution in [2.75, 3.05) is 13.1 Å². The van der Waals surface area contributed by atoms with Gasteiger partial charge in [0.25, 0.3) is 0 Å². The molecule has 4 heteroatoms. The van der Waals surface area contributed by atoms with E-state index in [1.165, 1.54) is 11.6 Å². The molecule has 3 rings (SSSR count). The number of carbonyl (C=O) groups excluding carboxylic acids is 1. The molecule has 1 amide bonds. The van der Waals surface area contributed by atoms with E-state index in [9.17, 15) is 9.18 Å². The summed E-state index contributed by atoms with van der Waals surface area (Å²) in [5.74, 6) is -0.0536. The SMILES string of the molecule is CC(C)(C)C(=O)N1CC=C(c2c[nH]c3ccc(F)cc23)CC1. The Labute approximate surface area is 129 Å². The van der Waals surface area contributed by atoms with Crippen molar-refractivity contribution < 1.29 is 9.18 Å². The maximum Gasteiger partial charge on any atom is 0.228 e. The van der Waals surface area contributed by atoms with Crippen LogP contribution in [0.4, 0.5) is 4.39 Å². The molecule has 2 heterocycles. The van der Waals surface area contributed by atoms with Gasteiger partial charge in [-0.3, -0.25) is 4.79 Å². The fourth-order valence-electron chi connectivity index (χ4n) is 2.93. The molecule has 0 atom stereocenters. The van der Waals surface area contributed by atoms with Crippen molar-refractivity contribution in [2.45, 2.75) is 27.2 Å². The Bertz CT molecular complexity index is 752. The summed E-state index contributed by atoms with van der Waals surface area (Å²) >= 11 is 0. The maximum atomic E-state index is 13.5. The second kappa shape index (κ2) is 5.27. The molecule has 0 aliphatic carbocycles. The number of fused-ring (bicyclic) bond motifs is 1. The van der Waals surface area contributed by atoms with E-state index >= 15 is 0 Å². The first-order valence-corrected chi connectivity index (χ1v) is 7.62. The Morgan fingerprint density at radius 2 is 2.09 bits per heavy atom. The molecule has 0 radical (unpaired) electrons. The molecule has 0 unspecified atom stereocenters. The highest BCUT2D eigenvalue weighted by Gasteiger charge is 2.28. The van der Waals surface area contributed by atoms with Crippen LogP contribution >= 0.6 is 0 Å². The van der Waals surface area contributed by atoms with Gasteiger partial charge in [0, 0.05) is 41.2 Å². The monoisotopic (exact) mass is 300 g/mol. The number of hydrogen-bond donors (Lipinski definition) is 1. The number of halogens is 1. The number of nitrogens with one attached hydrogen (secondary N) is 1. The van der Waals surface area contributed by atoms with Crippen LogP contribution in [0.5, 0.6) is 0 Å². The van der Waals surface area contributed by atoms with E-state index < -0.39 is 0 Å². The lowest BCUT2D eigenvalue weighted by atomic mass is 9.92. The predicted molar refractivity (Wildman–Crippen MR) is 86.9 cm³/mol. The summed E-state index contributed by atoms with van der Waals surface area (Å²) in [5, 5.41) is 0.904. The third-order valence-corrected chi connectivity index (χ3v) is 4.13. The van der Waals surface area contributed by atoms with Gasteiger partial charge < -0.3 is 9.88 Å². The summed E-state index contributed by atoms with van der Waals surface area (Å²) in [6.07, 6.45) is 4.81. The molecule has 1 aromatic heterocycles. The number of carbonyl (C=O) groups is 1. The number of nitrogens with zero attached hydrogens (tertiary/aromatic N) is 1. The van der Waals surface area contributed by atoms with Crippen LogP contribution in [0.15, 0.2) is 30.5 Å². The van der Waals surface area contributed by atoms with E-state index in [4.69, 9.17) is 0 Å². The molecule has 1 N–H and O–H groups in total. The molecule has 116 valence electrons. The molecule has 0 bridgehead atoms. The number of aromatic amines is 1. The minimum absolute atomic E-state index is 0.174. The van der Waals surface area contributed by atoms with Gasteiger partial charge in [0.05, 0.1) is 0 Å². The van der Waals surface area contributed by atoms with Crippen molar-refractivity contribution in [3.05, 3.63) is 41.9 Å². The third kappa shape index (κ3) is 2.65. The molecule has 1 aromatic carbocycles. The molecular weight excluding hydrogens is 279 g/mol. The van der Waals surface area contributed by atoms with Gasteiger partial charge in [0.2, 0.25) is 5.91 Å². The fourth-order valence-corrected chi connectivity index (χ4v) is 2.93. The topological polar surface area (TPSA) is 36.1 Å². The van der Waals surface area contributed by atoms with Crippen molar-refractivity contribution in [1.29, 1.82) is 0 Å². The minimum atomic E-state index is -0.352. The maximum absolute atomic E-state index is 13.5. The molecule has 0 saturated carbocycles. The van der Waals surface area contributed by atoms with Gasteiger partial charge in [-0.25, -0.2) is 4.39 Å². The number of rotatable bonds is 1. The number of H-pyrrole nitrogens is 1. The van der Waals surface area contributed by atoms with E-state index in [0.717, 1.165) is 22.9 Å². The Balaban J connectivity index is 1.86. The first kappa shape index (κ1) is 14.8. The Morgan fingerprint density at radius 3 is 2.73 bits per heavy atom. The zero-order valence-corrected chi connectivity index (χ0v) is 13.2. The van der Waals surface area contributed by atoms with E-state index in [2.05, 4.69) is 11.1 Å². The standard InChI is InChI=1S/C18H21FN2O/c1-18(2,3)17(22)21-8-6-12(7-9-21)15-11-20-16-5-4-13(19)10-14(15)16/h4-6,10-11,20H,7-9H2,1-3H3. The average molecular weight is 300 g/mol. The van der Waals surface area contributed by atoms with Gasteiger partial charge in [-0.2, -0.15) is 0 Å². The number of aromatic nitrogens is 1. The zero-order valence-electron chi connectivity index (χ0n) is 13.2. The van der Waals surface area contributed by atoms with Gasteiger partial charge >= 0.3 is 0 Å². The molecule has 2 aromatic rings.